The molecule has 21 heavy (non-hydrogen) atoms. The Hall–Kier alpha value is 0.310. The van der Waals surface area contributed by atoms with Gasteiger partial charge in [0.25, 0.3) is 0 Å². The van der Waals surface area contributed by atoms with Gasteiger partial charge in [-0.3, -0.25) is 4.99 Å². The molecule has 1 rings (SSSR count). The first-order valence-electron chi connectivity index (χ1n) is 7.95. The molecule has 0 saturated carbocycles. The predicted molar refractivity (Wildman–Crippen MR) is 105 cm³/mol. The lowest BCUT2D eigenvalue weighted by Crippen LogP contribution is -2.48. The van der Waals surface area contributed by atoms with Crippen LogP contribution in [-0.2, 0) is 0 Å². The van der Waals surface area contributed by atoms with E-state index in [-0.39, 0.29) is 24.0 Å². The quantitative estimate of drug-likeness (QED) is 0.387. The molecule has 1 aliphatic rings. The molecule has 4 nitrogen and oxygen atoms in total. The molecule has 1 aliphatic heterocycles. The van der Waals surface area contributed by atoms with E-state index in [1.807, 2.05) is 13.8 Å². The third-order valence-electron chi connectivity index (χ3n) is 4.07. The number of hydrogen-bond donors (Lipinski definition) is 2. The van der Waals surface area contributed by atoms with E-state index in [0.29, 0.717) is 11.8 Å². The number of rotatable bonds is 6. The summed E-state index contributed by atoms with van der Waals surface area (Å²) in [6.07, 6.45) is 2.70. The van der Waals surface area contributed by atoms with Gasteiger partial charge in [-0.15, -0.1) is 24.0 Å². The molecule has 1 atom stereocenters. The van der Waals surface area contributed by atoms with E-state index in [0.717, 1.165) is 44.2 Å². The van der Waals surface area contributed by atoms with Crippen molar-refractivity contribution in [2.75, 3.05) is 31.9 Å². The summed E-state index contributed by atoms with van der Waals surface area (Å²) in [5, 5.41) is 14.5. The van der Waals surface area contributed by atoms with Gasteiger partial charge < -0.3 is 15.3 Å². The molecule has 126 valence electrons. The van der Waals surface area contributed by atoms with E-state index >= 15 is 0 Å². The minimum absolute atomic E-state index is 0. The summed E-state index contributed by atoms with van der Waals surface area (Å²) in [5.74, 6) is 2.13. The van der Waals surface area contributed by atoms with Gasteiger partial charge in [-0.2, -0.15) is 11.8 Å². The maximum atomic E-state index is 10.4. The second-order valence-corrected chi connectivity index (χ2v) is 6.86. The molecule has 0 bridgehead atoms. The van der Waals surface area contributed by atoms with Crippen LogP contribution in [0.3, 0.4) is 0 Å². The van der Waals surface area contributed by atoms with Crippen LogP contribution in [0.1, 0.15) is 47.0 Å². The number of halogens is 1. The van der Waals surface area contributed by atoms with Crippen molar-refractivity contribution in [3.8, 4) is 0 Å². The Morgan fingerprint density at radius 3 is 2.52 bits per heavy atom. The highest BCUT2D eigenvalue weighted by molar-refractivity contribution is 14.0. The number of guanidine groups is 1. The van der Waals surface area contributed by atoms with Crippen molar-refractivity contribution < 1.29 is 5.11 Å². The molecule has 0 aromatic carbocycles. The summed E-state index contributed by atoms with van der Waals surface area (Å²) in [7, 11) is 0. The molecule has 6 heteroatoms. The van der Waals surface area contributed by atoms with Crippen LogP contribution in [0.25, 0.3) is 0 Å². The second kappa shape index (κ2) is 10.9. The van der Waals surface area contributed by atoms with E-state index in [9.17, 15) is 5.11 Å². The van der Waals surface area contributed by atoms with Gasteiger partial charge in [-0.25, -0.2) is 0 Å². The van der Waals surface area contributed by atoms with E-state index in [1.54, 1.807) is 0 Å². The fourth-order valence-electron chi connectivity index (χ4n) is 2.28. The van der Waals surface area contributed by atoms with Crippen LogP contribution < -0.4 is 5.32 Å². The molecule has 2 N–H and O–H groups in total. The summed E-state index contributed by atoms with van der Waals surface area (Å²) < 4.78 is 0. The zero-order valence-electron chi connectivity index (χ0n) is 13.9. The molecule has 1 heterocycles. The van der Waals surface area contributed by atoms with Crippen molar-refractivity contribution in [3.05, 3.63) is 0 Å². The van der Waals surface area contributed by atoms with E-state index in [2.05, 4.69) is 35.8 Å². The summed E-state index contributed by atoms with van der Waals surface area (Å²) in [6.45, 7) is 11.9. The Bertz CT molecular complexity index is 311. The average Bonchev–Trinajstić information content (AvgIpc) is 2.51. The first kappa shape index (κ1) is 21.3. The highest BCUT2D eigenvalue weighted by Gasteiger charge is 2.24. The van der Waals surface area contributed by atoms with Crippen LogP contribution in [0, 0.1) is 0 Å². The van der Waals surface area contributed by atoms with Crippen molar-refractivity contribution in [3.63, 3.8) is 0 Å². The summed E-state index contributed by atoms with van der Waals surface area (Å²) in [5.41, 5.74) is -0.657. The zero-order valence-corrected chi connectivity index (χ0v) is 17.0. The molecule has 1 saturated heterocycles. The van der Waals surface area contributed by atoms with Gasteiger partial charge in [0.05, 0.1) is 12.1 Å². The topological polar surface area (TPSA) is 47.9 Å². The highest BCUT2D eigenvalue weighted by Crippen LogP contribution is 2.21. The molecular formula is C15H32IN3OS. The second-order valence-electron chi connectivity index (χ2n) is 5.45. The lowest BCUT2D eigenvalue weighted by atomic mass is 9.98. The summed E-state index contributed by atoms with van der Waals surface area (Å²) in [4.78, 5) is 7.04. The first-order valence-corrected chi connectivity index (χ1v) is 9.00. The van der Waals surface area contributed by atoms with Gasteiger partial charge in [0.2, 0.25) is 0 Å². The molecule has 1 fully saturated rings. The molecule has 0 spiro atoms. The van der Waals surface area contributed by atoms with E-state index in [1.165, 1.54) is 6.42 Å². The minimum Gasteiger partial charge on any atom is -0.388 e. The fraction of sp³-hybridized carbons (Fsp3) is 0.933. The highest BCUT2D eigenvalue weighted by atomic mass is 127. The number of nitrogens with one attached hydrogen (secondary N) is 1. The monoisotopic (exact) mass is 429 g/mol. The van der Waals surface area contributed by atoms with Crippen LogP contribution in [0.5, 0.6) is 0 Å². The SMILES string of the molecule is CCNC(=NCC(O)(CC)CC)N1CCSC(CC)C1.I. The van der Waals surface area contributed by atoms with Gasteiger partial charge in [0.1, 0.15) is 0 Å². The Balaban J connectivity index is 0.00000400. The van der Waals surface area contributed by atoms with Crippen molar-refractivity contribution in [2.45, 2.75) is 57.8 Å². The van der Waals surface area contributed by atoms with Crippen LogP contribution in [-0.4, -0.2) is 58.7 Å². The summed E-state index contributed by atoms with van der Waals surface area (Å²) >= 11 is 2.06. The van der Waals surface area contributed by atoms with Gasteiger partial charge in [0, 0.05) is 30.6 Å². The van der Waals surface area contributed by atoms with Gasteiger partial charge in [-0.05, 0) is 26.2 Å². The largest absolute Gasteiger partial charge is 0.388 e. The fourth-order valence-corrected chi connectivity index (χ4v) is 3.46. The molecule has 0 radical (unpaired) electrons. The molecule has 0 aliphatic carbocycles. The maximum absolute atomic E-state index is 10.4. The average molecular weight is 429 g/mol. The number of hydrogen-bond acceptors (Lipinski definition) is 3. The minimum atomic E-state index is -0.657. The van der Waals surface area contributed by atoms with Crippen molar-refractivity contribution in [2.24, 2.45) is 4.99 Å². The number of thioether (sulfide) groups is 1. The number of aliphatic imine (C=N–C) groups is 1. The van der Waals surface area contributed by atoms with E-state index in [4.69, 9.17) is 4.99 Å². The smallest absolute Gasteiger partial charge is 0.194 e. The lowest BCUT2D eigenvalue weighted by Gasteiger charge is -2.35. The maximum Gasteiger partial charge on any atom is 0.194 e. The number of aliphatic hydroxyl groups is 1. The standard InChI is InChI=1S/C15H31N3OS.HI/c1-5-13-11-18(9-10-20-13)14(16-8-4)17-12-15(19,6-2)7-3;/h13,19H,5-12H2,1-4H3,(H,16,17);1H. The van der Waals surface area contributed by atoms with Crippen molar-refractivity contribution >= 4 is 41.7 Å². The Morgan fingerprint density at radius 2 is 2.00 bits per heavy atom. The Kier molecular flexibility index (Phi) is 11.1. The van der Waals surface area contributed by atoms with Crippen molar-refractivity contribution in [1.29, 1.82) is 0 Å². The van der Waals surface area contributed by atoms with Crippen LogP contribution >= 0.6 is 35.7 Å². The van der Waals surface area contributed by atoms with Crippen molar-refractivity contribution in [1.82, 2.24) is 10.2 Å². The van der Waals surface area contributed by atoms with Gasteiger partial charge >= 0.3 is 0 Å². The molecule has 0 aromatic heterocycles. The normalized spacial score (nSPS) is 20.1. The lowest BCUT2D eigenvalue weighted by molar-refractivity contribution is 0.0415. The molecule has 1 unspecified atom stereocenters. The molecule has 0 amide bonds. The van der Waals surface area contributed by atoms with Crippen LogP contribution in [0.15, 0.2) is 4.99 Å². The van der Waals surface area contributed by atoms with Crippen LogP contribution in [0.2, 0.25) is 0 Å². The first-order chi connectivity index (χ1) is 9.58. The summed E-state index contributed by atoms with van der Waals surface area (Å²) in [6, 6.07) is 0. The third kappa shape index (κ3) is 6.95. The zero-order chi connectivity index (χ0) is 15.0. The predicted octanol–water partition coefficient (Wildman–Crippen LogP) is 2.95. The van der Waals surface area contributed by atoms with Crippen LogP contribution in [0.4, 0.5) is 0 Å². The van der Waals surface area contributed by atoms with Gasteiger partial charge in [0.15, 0.2) is 5.96 Å². The third-order valence-corrected chi connectivity index (χ3v) is 5.44. The molecule has 0 aromatic rings. The van der Waals surface area contributed by atoms with Gasteiger partial charge in [-0.1, -0.05) is 20.8 Å². The Labute approximate surface area is 151 Å². The number of nitrogens with zero attached hydrogens (tertiary/aromatic N) is 2. The van der Waals surface area contributed by atoms with E-state index < -0.39 is 5.60 Å². The Morgan fingerprint density at radius 1 is 1.33 bits per heavy atom. The molecular weight excluding hydrogens is 397 g/mol.